The smallest absolute Gasteiger partial charge is 0.297 e. The standard InChI is InChI=1S/C28H42N2O3/c1-7-8-9-10-17-30-25-19-23(29)14-15-24(25)26(27(28(30)31)33-21(4)5)32-18-16-22(6)13-11-12-20(2)3/h12,14-16,19,21H,7-11,13,17-18,29H2,1-6H3. The van der Waals surface area contributed by atoms with Gasteiger partial charge in [-0.25, -0.2) is 0 Å². The Balaban J connectivity index is 2.43. The number of nitrogen functional groups attached to an aromatic ring is 1. The van der Waals surface area contributed by atoms with E-state index in [1.807, 2.05) is 32.0 Å². The summed E-state index contributed by atoms with van der Waals surface area (Å²) in [5.41, 5.74) is 9.95. The van der Waals surface area contributed by atoms with Gasteiger partial charge in [-0.15, -0.1) is 0 Å². The molecule has 0 unspecified atom stereocenters. The summed E-state index contributed by atoms with van der Waals surface area (Å²) in [6, 6.07) is 5.64. The van der Waals surface area contributed by atoms with Gasteiger partial charge in [0.2, 0.25) is 5.75 Å². The van der Waals surface area contributed by atoms with E-state index in [-0.39, 0.29) is 17.4 Å². The number of unbranched alkanes of at least 4 members (excludes halogenated alkanes) is 3. The predicted molar refractivity (Wildman–Crippen MR) is 140 cm³/mol. The molecule has 1 heterocycles. The minimum atomic E-state index is -0.155. The maximum Gasteiger partial charge on any atom is 0.297 e. The van der Waals surface area contributed by atoms with Gasteiger partial charge in [0.1, 0.15) is 6.61 Å². The van der Waals surface area contributed by atoms with E-state index in [9.17, 15) is 4.79 Å². The molecule has 0 fully saturated rings. The molecule has 33 heavy (non-hydrogen) atoms. The van der Waals surface area contributed by atoms with Gasteiger partial charge >= 0.3 is 0 Å². The van der Waals surface area contributed by atoms with Crippen molar-refractivity contribution in [3.63, 3.8) is 0 Å². The number of ether oxygens (including phenoxy) is 2. The highest BCUT2D eigenvalue weighted by Crippen LogP contribution is 2.34. The van der Waals surface area contributed by atoms with Crippen molar-refractivity contribution in [1.29, 1.82) is 0 Å². The van der Waals surface area contributed by atoms with Crippen molar-refractivity contribution < 1.29 is 9.47 Å². The lowest BCUT2D eigenvalue weighted by Gasteiger charge is -2.20. The number of rotatable bonds is 13. The van der Waals surface area contributed by atoms with E-state index in [0.29, 0.717) is 24.6 Å². The van der Waals surface area contributed by atoms with Crippen LogP contribution in [-0.4, -0.2) is 17.3 Å². The van der Waals surface area contributed by atoms with Gasteiger partial charge in [-0.05, 0) is 78.2 Å². The van der Waals surface area contributed by atoms with E-state index in [0.717, 1.165) is 49.4 Å². The third-order valence-electron chi connectivity index (χ3n) is 5.54. The molecule has 0 aliphatic heterocycles. The molecule has 5 heteroatoms. The van der Waals surface area contributed by atoms with Gasteiger partial charge in [0.05, 0.1) is 11.6 Å². The Bertz CT molecular complexity index is 1030. The van der Waals surface area contributed by atoms with Crippen molar-refractivity contribution >= 4 is 16.6 Å². The van der Waals surface area contributed by atoms with Crippen molar-refractivity contribution in [1.82, 2.24) is 4.57 Å². The highest BCUT2D eigenvalue weighted by Gasteiger charge is 2.20. The third kappa shape index (κ3) is 7.99. The van der Waals surface area contributed by atoms with Gasteiger partial charge in [-0.3, -0.25) is 4.79 Å². The molecule has 0 bridgehead atoms. The molecule has 0 amide bonds. The first kappa shape index (κ1) is 26.6. The number of allylic oxidation sites excluding steroid dienone is 3. The van der Waals surface area contributed by atoms with E-state index in [1.54, 1.807) is 4.57 Å². The topological polar surface area (TPSA) is 66.5 Å². The van der Waals surface area contributed by atoms with Crippen LogP contribution in [0.25, 0.3) is 10.9 Å². The van der Waals surface area contributed by atoms with Gasteiger partial charge in [0, 0.05) is 17.6 Å². The second-order valence-corrected chi connectivity index (χ2v) is 9.30. The summed E-state index contributed by atoms with van der Waals surface area (Å²) in [5.74, 6) is 0.787. The number of hydrogen-bond donors (Lipinski definition) is 1. The quantitative estimate of drug-likeness (QED) is 0.201. The molecule has 1 aromatic heterocycles. The Kier molecular flexibility index (Phi) is 10.6. The SMILES string of the molecule is CCCCCCn1c(=O)c(OC(C)C)c(OCC=C(C)CCC=C(C)C)c2ccc(N)cc21. The largest absolute Gasteiger partial charge is 0.485 e. The van der Waals surface area contributed by atoms with Crippen LogP contribution in [0.5, 0.6) is 11.5 Å². The number of pyridine rings is 1. The molecule has 1 aromatic carbocycles. The predicted octanol–water partition coefficient (Wildman–Crippen LogP) is 7.02. The number of aryl methyl sites for hydroxylation is 1. The minimum absolute atomic E-state index is 0.138. The van der Waals surface area contributed by atoms with Crippen LogP contribution >= 0.6 is 0 Å². The minimum Gasteiger partial charge on any atom is -0.485 e. The zero-order chi connectivity index (χ0) is 24.4. The molecule has 2 N–H and O–H groups in total. The first-order chi connectivity index (χ1) is 15.7. The first-order valence-electron chi connectivity index (χ1n) is 12.3. The van der Waals surface area contributed by atoms with Gasteiger partial charge in [-0.1, -0.05) is 43.4 Å². The third-order valence-corrected chi connectivity index (χ3v) is 5.54. The fourth-order valence-electron chi connectivity index (χ4n) is 3.77. The van der Waals surface area contributed by atoms with Crippen LogP contribution in [0.3, 0.4) is 0 Å². The molecule has 0 aliphatic rings. The van der Waals surface area contributed by atoms with Crippen LogP contribution in [-0.2, 0) is 6.54 Å². The van der Waals surface area contributed by atoms with Crippen LogP contribution in [0, 0.1) is 0 Å². The van der Waals surface area contributed by atoms with E-state index < -0.39 is 0 Å². The molecule has 0 saturated heterocycles. The lowest BCUT2D eigenvalue weighted by Crippen LogP contribution is -2.25. The number of nitrogens with two attached hydrogens (primary N) is 1. The number of nitrogens with zero attached hydrogens (tertiary/aromatic N) is 1. The van der Waals surface area contributed by atoms with Gasteiger partial charge in [0.25, 0.3) is 5.56 Å². The summed E-state index contributed by atoms with van der Waals surface area (Å²) >= 11 is 0. The summed E-state index contributed by atoms with van der Waals surface area (Å²) in [6.45, 7) is 13.4. The molecular weight excluding hydrogens is 412 g/mol. The van der Waals surface area contributed by atoms with Crippen molar-refractivity contribution in [2.75, 3.05) is 12.3 Å². The number of hydrogen-bond acceptors (Lipinski definition) is 4. The fraction of sp³-hybridized carbons (Fsp3) is 0.536. The second-order valence-electron chi connectivity index (χ2n) is 9.30. The highest BCUT2D eigenvalue weighted by molar-refractivity contribution is 5.90. The van der Waals surface area contributed by atoms with Crippen molar-refractivity contribution in [3.8, 4) is 11.5 Å². The molecule has 0 radical (unpaired) electrons. The van der Waals surface area contributed by atoms with Crippen molar-refractivity contribution in [3.05, 3.63) is 51.9 Å². The number of anilines is 1. The lowest BCUT2D eigenvalue weighted by molar-refractivity contribution is 0.222. The highest BCUT2D eigenvalue weighted by atomic mass is 16.5. The Morgan fingerprint density at radius 3 is 2.52 bits per heavy atom. The second kappa shape index (κ2) is 13.1. The Labute approximate surface area is 199 Å². The summed E-state index contributed by atoms with van der Waals surface area (Å²) in [6.07, 6.45) is 10.5. The van der Waals surface area contributed by atoms with Crippen LogP contribution in [0.4, 0.5) is 5.69 Å². The van der Waals surface area contributed by atoms with Crippen LogP contribution in [0.1, 0.15) is 80.1 Å². The van der Waals surface area contributed by atoms with Gasteiger partial charge < -0.3 is 19.8 Å². The van der Waals surface area contributed by atoms with Crippen LogP contribution < -0.4 is 20.8 Å². The molecule has 5 nitrogen and oxygen atoms in total. The van der Waals surface area contributed by atoms with Crippen LogP contribution in [0.15, 0.2) is 46.3 Å². The Morgan fingerprint density at radius 1 is 1.09 bits per heavy atom. The summed E-state index contributed by atoms with van der Waals surface area (Å²) in [5, 5.41) is 0.852. The Morgan fingerprint density at radius 2 is 1.85 bits per heavy atom. The molecule has 2 rings (SSSR count). The zero-order valence-electron chi connectivity index (χ0n) is 21.4. The van der Waals surface area contributed by atoms with E-state index >= 15 is 0 Å². The van der Waals surface area contributed by atoms with Crippen molar-refractivity contribution in [2.24, 2.45) is 0 Å². The fourth-order valence-corrected chi connectivity index (χ4v) is 3.77. The number of aromatic nitrogens is 1. The van der Waals surface area contributed by atoms with Gasteiger partial charge in [-0.2, -0.15) is 0 Å². The van der Waals surface area contributed by atoms with Crippen molar-refractivity contribution in [2.45, 2.75) is 92.7 Å². The maximum atomic E-state index is 13.5. The van der Waals surface area contributed by atoms with E-state index in [2.05, 4.69) is 39.8 Å². The first-order valence-corrected chi connectivity index (χ1v) is 12.3. The zero-order valence-corrected chi connectivity index (χ0v) is 21.4. The molecule has 0 saturated carbocycles. The molecule has 0 aliphatic carbocycles. The maximum absolute atomic E-state index is 13.5. The summed E-state index contributed by atoms with van der Waals surface area (Å²) < 4.78 is 14.0. The molecule has 182 valence electrons. The molecule has 2 aromatic rings. The number of benzene rings is 1. The van der Waals surface area contributed by atoms with E-state index in [4.69, 9.17) is 15.2 Å². The molecular formula is C28H42N2O3. The summed E-state index contributed by atoms with van der Waals surface area (Å²) in [4.78, 5) is 13.5. The monoisotopic (exact) mass is 454 g/mol. The average Bonchev–Trinajstić information content (AvgIpc) is 2.74. The number of fused-ring (bicyclic) bond motifs is 1. The Hall–Kier alpha value is -2.69. The lowest BCUT2D eigenvalue weighted by atomic mass is 10.1. The molecule has 0 spiro atoms. The molecule has 0 atom stereocenters. The summed E-state index contributed by atoms with van der Waals surface area (Å²) in [7, 11) is 0. The van der Waals surface area contributed by atoms with E-state index in [1.165, 1.54) is 11.1 Å². The van der Waals surface area contributed by atoms with Crippen LogP contribution in [0.2, 0.25) is 0 Å². The average molecular weight is 455 g/mol. The normalized spacial score (nSPS) is 11.8. The van der Waals surface area contributed by atoms with Gasteiger partial charge in [0.15, 0.2) is 5.75 Å².